The lowest BCUT2D eigenvalue weighted by atomic mass is 9.77. The number of hydrogen-bond acceptors (Lipinski definition) is 5. The van der Waals surface area contributed by atoms with E-state index >= 15 is 0 Å². The summed E-state index contributed by atoms with van der Waals surface area (Å²) in [4.78, 5) is 28.6. The van der Waals surface area contributed by atoms with Crippen molar-refractivity contribution in [3.8, 4) is 11.5 Å². The molecule has 1 saturated carbocycles. The van der Waals surface area contributed by atoms with Gasteiger partial charge in [-0.25, -0.2) is 4.68 Å². The first kappa shape index (κ1) is 21.5. The summed E-state index contributed by atoms with van der Waals surface area (Å²) in [7, 11) is 0. The molecule has 7 nitrogen and oxygen atoms in total. The normalized spacial score (nSPS) is 21.8. The van der Waals surface area contributed by atoms with Crippen molar-refractivity contribution in [3.63, 3.8) is 0 Å². The summed E-state index contributed by atoms with van der Waals surface area (Å²) in [6.45, 7) is 5.09. The number of ether oxygens (including phenoxy) is 2. The zero-order valence-electron chi connectivity index (χ0n) is 19.1. The van der Waals surface area contributed by atoms with Crippen molar-refractivity contribution in [1.82, 2.24) is 14.7 Å². The second kappa shape index (κ2) is 8.89. The Balaban J connectivity index is 1.45. The molecule has 3 aromatic rings. The molecule has 7 heteroatoms. The van der Waals surface area contributed by atoms with E-state index in [1.54, 1.807) is 12.3 Å². The molecule has 0 spiro atoms. The average molecular weight is 448 g/mol. The van der Waals surface area contributed by atoms with Gasteiger partial charge in [-0.1, -0.05) is 51.0 Å². The first-order valence-electron chi connectivity index (χ1n) is 11.6. The molecular weight excluding hydrogens is 418 g/mol. The van der Waals surface area contributed by atoms with Crippen LogP contribution in [0, 0.1) is 11.8 Å². The number of carbonyl (C=O) groups is 1. The third-order valence-corrected chi connectivity index (χ3v) is 7.22. The van der Waals surface area contributed by atoms with Crippen LogP contribution >= 0.6 is 0 Å². The van der Waals surface area contributed by atoms with Gasteiger partial charge in [0.15, 0.2) is 11.5 Å². The van der Waals surface area contributed by atoms with Crippen LogP contribution in [0.25, 0.3) is 10.8 Å². The highest BCUT2D eigenvalue weighted by molar-refractivity contribution is 5.81. The largest absolute Gasteiger partial charge is 0.454 e. The fourth-order valence-electron chi connectivity index (χ4n) is 5.08. The van der Waals surface area contributed by atoms with E-state index in [9.17, 15) is 9.59 Å². The van der Waals surface area contributed by atoms with Crippen LogP contribution in [0.3, 0.4) is 0 Å². The van der Waals surface area contributed by atoms with Crippen LogP contribution in [0.1, 0.15) is 38.7 Å². The minimum Gasteiger partial charge on any atom is -0.454 e. The molecule has 172 valence electrons. The summed E-state index contributed by atoms with van der Waals surface area (Å²) in [6, 6.07) is 13.3. The van der Waals surface area contributed by atoms with Crippen molar-refractivity contribution in [2.45, 2.75) is 52.2 Å². The summed E-state index contributed by atoms with van der Waals surface area (Å²) < 4.78 is 12.3. The van der Waals surface area contributed by atoms with Gasteiger partial charge in [0.1, 0.15) is 6.54 Å². The Kier molecular flexibility index (Phi) is 5.79. The first-order valence-corrected chi connectivity index (χ1v) is 11.6. The van der Waals surface area contributed by atoms with Gasteiger partial charge in [-0.05, 0) is 42.0 Å². The van der Waals surface area contributed by atoms with Crippen molar-refractivity contribution in [3.05, 3.63) is 64.6 Å². The Morgan fingerprint density at radius 1 is 1.12 bits per heavy atom. The number of benzene rings is 2. The second-order valence-corrected chi connectivity index (χ2v) is 9.24. The molecule has 5 rings (SSSR count). The molecule has 1 aliphatic carbocycles. The number of hydrogen-bond donors (Lipinski definition) is 0. The average Bonchev–Trinajstić information content (AvgIpc) is 3.29. The number of carbonyl (C=O) groups excluding carboxylic acids is 1. The summed E-state index contributed by atoms with van der Waals surface area (Å²) in [5.41, 5.74) is 0.742. The number of rotatable bonds is 5. The van der Waals surface area contributed by atoms with E-state index in [4.69, 9.17) is 9.47 Å². The highest BCUT2D eigenvalue weighted by Crippen LogP contribution is 2.36. The fraction of sp³-hybridized carbons (Fsp3) is 0.423. The van der Waals surface area contributed by atoms with Crippen molar-refractivity contribution < 1.29 is 14.3 Å². The van der Waals surface area contributed by atoms with Crippen LogP contribution in [0.5, 0.6) is 11.5 Å². The van der Waals surface area contributed by atoms with Crippen LogP contribution in [-0.4, -0.2) is 33.4 Å². The lowest BCUT2D eigenvalue weighted by Crippen LogP contribution is -2.48. The van der Waals surface area contributed by atoms with Gasteiger partial charge in [0.25, 0.3) is 5.56 Å². The molecule has 3 unspecified atom stereocenters. The fourth-order valence-corrected chi connectivity index (χ4v) is 5.08. The molecule has 0 radical (unpaired) electrons. The van der Waals surface area contributed by atoms with E-state index in [0.717, 1.165) is 29.5 Å². The van der Waals surface area contributed by atoms with Gasteiger partial charge in [-0.2, -0.15) is 5.10 Å². The number of nitrogens with zero attached hydrogens (tertiary/aromatic N) is 3. The van der Waals surface area contributed by atoms with Gasteiger partial charge >= 0.3 is 0 Å². The van der Waals surface area contributed by atoms with Crippen molar-refractivity contribution in [2.75, 3.05) is 6.79 Å². The van der Waals surface area contributed by atoms with Gasteiger partial charge in [0.05, 0.1) is 11.6 Å². The molecule has 33 heavy (non-hydrogen) atoms. The van der Waals surface area contributed by atoms with Crippen molar-refractivity contribution in [2.24, 2.45) is 11.8 Å². The third-order valence-electron chi connectivity index (χ3n) is 7.22. The molecule has 3 atom stereocenters. The van der Waals surface area contributed by atoms with E-state index in [2.05, 4.69) is 18.9 Å². The molecule has 0 bridgehead atoms. The van der Waals surface area contributed by atoms with Gasteiger partial charge in [-0.3, -0.25) is 9.59 Å². The van der Waals surface area contributed by atoms with E-state index < -0.39 is 0 Å². The van der Waals surface area contributed by atoms with E-state index in [1.165, 1.54) is 11.1 Å². The maximum Gasteiger partial charge on any atom is 0.275 e. The minimum absolute atomic E-state index is 0.0776. The molecule has 1 aliphatic heterocycles. The third kappa shape index (κ3) is 4.19. The van der Waals surface area contributed by atoms with Gasteiger partial charge < -0.3 is 14.4 Å². The topological polar surface area (TPSA) is 73.7 Å². The Morgan fingerprint density at radius 3 is 2.82 bits per heavy atom. The highest BCUT2D eigenvalue weighted by Gasteiger charge is 2.34. The molecule has 2 aliphatic rings. The Labute approximate surface area is 192 Å². The highest BCUT2D eigenvalue weighted by atomic mass is 16.7. The Hall–Kier alpha value is -3.35. The summed E-state index contributed by atoms with van der Waals surface area (Å²) >= 11 is 0. The molecule has 1 aromatic heterocycles. The van der Waals surface area contributed by atoms with Gasteiger partial charge in [-0.15, -0.1) is 0 Å². The molecule has 1 amide bonds. The molecule has 2 heterocycles. The smallest absolute Gasteiger partial charge is 0.275 e. The van der Waals surface area contributed by atoms with Crippen LogP contribution in [0.4, 0.5) is 0 Å². The van der Waals surface area contributed by atoms with Crippen molar-refractivity contribution >= 4 is 16.7 Å². The van der Waals surface area contributed by atoms with Crippen LogP contribution in [-0.2, 0) is 17.9 Å². The lowest BCUT2D eigenvalue weighted by molar-refractivity contribution is -0.137. The van der Waals surface area contributed by atoms with Crippen LogP contribution < -0.4 is 15.0 Å². The molecule has 0 N–H and O–H groups in total. The molecular formula is C26H29N3O4. The standard InChI is InChI=1S/C26H29N3O4/c1-17-6-5-9-22(18(17)2)28(14-19-10-11-23-24(12-19)33-16-32-23)25(30)15-29-26(31)21-8-4-3-7-20(21)13-27-29/h3-4,7-8,10-13,17-18,22H,5-6,9,14-16H2,1-2H3. The summed E-state index contributed by atoms with van der Waals surface area (Å²) in [5, 5.41) is 5.63. The zero-order chi connectivity index (χ0) is 22.9. The second-order valence-electron chi connectivity index (χ2n) is 9.24. The van der Waals surface area contributed by atoms with E-state index in [0.29, 0.717) is 29.5 Å². The summed E-state index contributed by atoms with van der Waals surface area (Å²) in [6.07, 6.45) is 4.88. The zero-order valence-corrected chi connectivity index (χ0v) is 19.1. The van der Waals surface area contributed by atoms with Crippen LogP contribution in [0.15, 0.2) is 53.5 Å². The monoisotopic (exact) mass is 447 g/mol. The Bertz CT molecular complexity index is 1240. The number of fused-ring (bicyclic) bond motifs is 2. The molecule has 1 fully saturated rings. The maximum absolute atomic E-state index is 13.7. The summed E-state index contributed by atoms with van der Waals surface area (Å²) in [5.74, 6) is 2.25. The SMILES string of the molecule is CC1CCCC(N(Cc2ccc3c(c2)OCO3)C(=O)Cn2ncc3ccccc3c2=O)C1C. The lowest BCUT2D eigenvalue weighted by Gasteiger charge is -2.41. The number of aromatic nitrogens is 2. The quantitative estimate of drug-likeness (QED) is 0.592. The van der Waals surface area contributed by atoms with Gasteiger partial charge in [0.2, 0.25) is 12.7 Å². The Morgan fingerprint density at radius 2 is 1.94 bits per heavy atom. The van der Waals surface area contributed by atoms with E-state index in [-0.39, 0.29) is 30.8 Å². The van der Waals surface area contributed by atoms with Crippen molar-refractivity contribution in [1.29, 1.82) is 0 Å². The number of amides is 1. The van der Waals surface area contributed by atoms with E-state index in [1.807, 2.05) is 41.3 Å². The molecule has 2 aromatic carbocycles. The minimum atomic E-state index is -0.241. The molecule has 0 saturated heterocycles. The predicted molar refractivity (Wildman–Crippen MR) is 125 cm³/mol. The van der Waals surface area contributed by atoms with Crippen LogP contribution in [0.2, 0.25) is 0 Å². The predicted octanol–water partition coefficient (Wildman–Crippen LogP) is 3.98. The first-order chi connectivity index (χ1) is 16.0. The maximum atomic E-state index is 13.7. The van der Waals surface area contributed by atoms with Gasteiger partial charge in [0, 0.05) is 18.0 Å².